The number of rotatable bonds is 5. The molecule has 0 saturated carbocycles. The second-order valence-corrected chi connectivity index (χ2v) is 4.27. The highest BCUT2D eigenvalue weighted by molar-refractivity contribution is 6.38. The van der Waals surface area contributed by atoms with Crippen molar-refractivity contribution in [3.05, 3.63) is 29.8 Å². The van der Waals surface area contributed by atoms with Crippen molar-refractivity contribution in [2.75, 3.05) is 19.0 Å². The molecule has 0 N–H and O–H groups in total. The van der Waals surface area contributed by atoms with Gasteiger partial charge in [-0.1, -0.05) is 12.1 Å². The molecule has 0 aliphatic heterocycles. The molecule has 1 rings (SSSR count). The Kier molecular flexibility index (Phi) is 5.23. The summed E-state index contributed by atoms with van der Waals surface area (Å²) in [5.41, 5.74) is 1.63. The number of carbonyl (C=O) groups is 2. The minimum atomic E-state index is -0.572. The van der Waals surface area contributed by atoms with Crippen LogP contribution >= 0.6 is 0 Å². The normalized spacial score (nSPS) is 11.1. The molecule has 19 heavy (non-hydrogen) atoms. The SMILES string of the molecule is CC/C(=N\OC(=O)c1ccc(N(C)C)cc1)C(C)=O. The van der Waals surface area contributed by atoms with E-state index < -0.39 is 5.97 Å². The van der Waals surface area contributed by atoms with Crippen LogP contribution in [-0.2, 0) is 9.63 Å². The predicted molar refractivity (Wildman–Crippen MR) is 74.6 cm³/mol. The number of ketones is 1. The van der Waals surface area contributed by atoms with Gasteiger partial charge in [-0.05, 0) is 30.7 Å². The molecule has 0 aromatic heterocycles. The molecular weight excluding hydrogens is 244 g/mol. The summed E-state index contributed by atoms with van der Waals surface area (Å²) in [6, 6.07) is 6.94. The topological polar surface area (TPSA) is 59.0 Å². The highest BCUT2D eigenvalue weighted by Crippen LogP contribution is 2.13. The number of anilines is 1. The largest absolute Gasteiger partial charge is 0.378 e. The van der Waals surface area contributed by atoms with Gasteiger partial charge < -0.3 is 9.74 Å². The second-order valence-electron chi connectivity index (χ2n) is 4.27. The Hall–Kier alpha value is -2.17. The predicted octanol–water partition coefficient (Wildman–Crippen LogP) is 2.26. The van der Waals surface area contributed by atoms with E-state index >= 15 is 0 Å². The van der Waals surface area contributed by atoms with Gasteiger partial charge in [-0.2, -0.15) is 0 Å². The number of carbonyl (C=O) groups excluding carboxylic acids is 2. The van der Waals surface area contributed by atoms with Crippen molar-refractivity contribution in [2.24, 2.45) is 5.16 Å². The third-order valence-corrected chi connectivity index (χ3v) is 2.60. The minimum absolute atomic E-state index is 0.196. The van der Waals surface area contributed by atoms with Gasteiger partial charge in [-0.25, -0.2) is 4.79 Å². The summed E-state index contributed by atoms with van der Waals surface area (Å²) in [5, 5.41) is 3.58. The van der Waals surface area contributed by atoms with Crippen LogP contribution in [0, 0.1) is 0 Å². The van der Waals surface area contributed by atoms with Gasteiger partial charge >= 0.3 is 5.97 Å². The fraction of sp³-hybridized carbons (Fsp3) is 0.357. The molecule has 5 heteroatoms. The van der Waals surface area contributed by atoms with Crippen molar-refractivity contribution in [2.45, 2.75) is 20.3 Å². The van der Waals surface area contributed by atoms with Crippen molar-refractivity contribution in [3.63, 3.8) is 0 Å². The third-order valence-electron chi connectivity index (χ3n) is 2.60. The molecule has 102 valence electrons. The lowest BCUT2D eigenvalue weighted by molar-refractivity contribution is -0.111. The van der Waals surface area contributed by atoms with Gasteiger partial charge in [0.15, 0.2) is 5.78 Å². The lowest BCUT2D eigenvalue weighted by Gasteiger charge is -2.11. The lowest BCUT2D eigenvalue weighted by Crippen LogP contribution is -2.11. The van der Waals surface area contributed by atoms with Crippen LogP contribution in [0.25, 0.3) is 0 Å². The number of benzene rings is 1. The molecular formula is C14H18N2O3. The zero-order valence-electron chi connectivity index (χ0n) is 11.6. The standard InChI is InChI=1S/C14H18N2O3/c1-5-13(10(2)17)15-19-14(18)11-6-8-12(9-7-11)16(3)4/h6-9H,5H2,1-4H3/b15-13+. The summed E-state index contributed by atoms with van der Waals surface area (Å²) >= 11 is 0. The van der Waals surface area contributed by atoms with Gasteiger partial charge in [-0.15, -0.1) is 0 Å². The van der Waals surface area contributed by atoms with Gasteiger partial charge in [0, 0.05) is 26.7 Å². The molecule has 0 unspecified atom stereocenters. The van der Waals surface area contributed by atoms with E-state index in [1.54, 1.807) is 19.1 Å². The van der Waals surface area contributed by atoms with Crippen LogP contribution in [0.4, 0.5) is 5.69 Å². The Bertz CT molecular complexity index is 490. The van der Waals surface area contributed by atoms with Crippen molar-refractivity contribution >= 4 is 23.2 Å². The third kappa shape index (κ3) is 4.21. The molecule has 0 heterocycles. The molecule has 0 atom stereocenters. The van der Waals surface area contributed by atoms with Crippen LogP contribution in [0.1, 0.15) is 30.6 Å². The van der Waals surface area contributed by atoms with E-state index in [2.05, 4.69) is 5.16 Å². The molecule has 0 saturated heterocycles. The first kappa shape index (κ1) is 14.9. The lowest BCUT2D eigenvalue weighted by atomic mass is 10.2. The molecule has 0 radical (unpaired) electrons. The smallest absolute Gasteiger partial charge is 0.365 e. The summed E-state index contributed by atoms with van der Waals surface area (Å²) in [7, 11) is 3.83. The molecule has 0 spiro atoms. The van der Waals surface area contributed by atoms with Crippen molar-refractivity contribution < 1.29 is 14.4 Å². The highest BCUT2D eigenvalue weighted by Gasteiger charge is 2.09. The molecule has 1 aromatic carbocycles. The van der Waals surface area contributed by atoms with Crippen molar-refractivity contribution in [1.29, 1.82) is 0 Å². The van der Waals surface area contributed by atoms with E-state index in [4.69, 9.17) is 4.84 Å². The number of hydrogen-bond acceptors (Lipinski definition) is 5. The Balaban J connectivity index is 2.76. The van der Waals surface area contributed by atoms with Crippen LogP contribution in [-0.4, -0.2) is 31.6 Å². The Morgan fingerprint density at radius 1 is 1.21 bits per heavy atom. The van der Waals surface area contributed by atoms with Crippen LogP contribution in [0.5, 0.6) is 0 Å². The maximum absolute atomic E-state index is 11.7. The highest BCUT2D eigenvalue weighted by atomic mass is 16.7. The number of nitrogens with zero attached hydrogens (tertiary/aromatic N) is 2. The van der Waals surface area contributed by atoms with E-state index in [9.17, 15) is 9.59 Å². The van der Waals surface area contributed by atoms with Crippen LogP contribution in [0.15, 0.2) is 29.4 Å². The van der Waals surface area contributed by atoms with Crippen molar-refractivity contribution in [3.8, 4) is 0 Å². The summed E-state index contributed by atoms with van der Waals surface area (Å²) in [6.45, 7) is 3.17. The first-order valence-corrected chi connectivity index (χ1v) is 6.02. The summed E-state index contributed by atoms with van der Waals surface area (Å²) in [4.78, 5) is 29.5. The minimum Gasteiger partial charge on any atom is -0.378 e. The number of Topliss-reactive ketones (excluding diaryl/α,β-unsaturated/α-hetero) is 1. The quantitative estimate of drug-likeness (QED) is 0.464. The average molecular weight is 262 g/mol. The fourth-order valence-electron chi connectivity index (χ4n) is 1.42. The van der Waals surface area contributed by atoms with E-state index in [-0.39, 0.29) is 11.5 Å². The van der Waals surface area contributed by atoms with Gasteiger partial charge in [-0.3, -0.25) is 4.79 Å². The molecule has 0 aliphatic carbocycles. The second kappa shape index (κ2) is 6.68. The van der Waals surface area contributed by atoms with Crippen LogP contribution < -0.4 is 4.90 Å². The fourth-order valence-corrected chi connectivity index (χ4v) is 1.42. The van der Waals surface area contributed by atoms with Gasteiger partial charge in [0.1, 0.15) is 5.71 Å². The molecule has 0 aliphatic rings. The first-order valence-electron chi connectivity index (χ1n) is 6.02. The van der Waals surface area contributed by atoms with Gasteiger partial charge in [0.05, 0.1) is 5.56 Å². The monoisotopic (exact) mass is 262 g/mol. The van der Waals surface area contributed by atoms with Gasteiger partial charge in [0.25, 0.3) is 0 Å². The summed E-state index contributed by atoms with van der Waals surface area (Å²) in [5.74, 6) is -0.768. The first-order chi connectivity index (χ1) is 8.95. The van der Waals surface area contributed by atoms with E-state index in [0.717, 1.165) is 5.69 Å². The molecule has 0 amide bonds. The molecule has 1 aromatic rings. The van der Waals surface area contributed by atoms with E-state index in [1.165, 1.54) is 6.92 Å². The maximum atomic E-state index is 11.7. The summed E-state index contributed by atoms with van der Waals surface area (Å²) < 4.78 is 0. The van der Waals surface area contributed by atoms with Crippen molar-refractivity contribution in [1.82, 2.24) is 0 Å². The maximum Gasteiger partial charge on any atom is 0.365 e. The van der Waals surface area contributed by atoms with E-state index in [1.807, 2.05) is 31.1 Å². The average Bonchev–Trinajstić information content (AvgIpc) is 2.38. The van der Waals surface area contributed by atoms with Crippen LogP contribution in [0.3, 0.4) is 0 Å². The number of oxime groups is 1. The summed E-state index contributed by atoms with van der Waals surface area (Å²) in [6.07, 6.45) is 0.433. The molecule has 5 nitrogen and oxygen atoms in total. The Morgan fingerprint density at radius 2 is 1.79 bits per heavy atom. The Labute approximate surface area is 112 Å². The van der Waals surface area contributed by atoms with E-state index in [0.29, 0.717) is 12.0 Å². The Morgan fingerprint density at radius 3 is 2.21 bits per heavy atom. The van der Waals surface area contributed by atoms with Crippen LogP contribution in [0.2, 0.25) is 0 Å². The number of hydrogen-bond donors (Lipinski definition) is 0. The zero-order chi connectivity index (χ0) is 14.4. The van der Waals surface area contributed by atoms with Gasteiger partial charge in [0.2, 0.25) is 0 Å². The zero-order valence-corrected chi connectivity index (χ0v) is 11.6. The molecule has 0 fully saturated rings. The molecule has 0 bridgehead atoms.